The van der Waals surface area contributed by atoms with E-state index in [0.29, 0.717) is 12.5 Å². The topological polar surface area (TPSA) is 53.0 Å². The van der Waals surface area contributed by atoms with Crippen LogP contribution in [0.4, 0.5) is 5.69 Å². The zero-order valence-electron chi connectivity index (χ0n) is 17.5. The van der Waals surface area contributed by atoms with Crippen molar-refractivity contribution in [1.29, 1.82) is 0 Å². The molecule has 1 aliphatic carbocycles. The number of allylic oxidation sites excluding steroid dienone is 1. The standard InChI is InChI=1S/C24H27ClN4O/c1-15-5-3-4-6-21(15)30-17-9-7-16(8-10-17)22-19(25)11-12-29(2)24-18-13-26-27-14-20(18)28-23(22)24/h3-6,11,14,16-17,28H,7-10,12-13H2,1-2H3. The molecule has 0 atom stereocenters. The molecule has 1 N–H and O–H groups in total. The molecule has 5 nitrogen and oxygen atoms in total. The Morgan fingerprint density at radius 2 is 1.97 bits per heavy atom. The molecule has 2 aliphatic heterocycles. The van der Waals surface area contributed by atoms with Crippen LogP contribution in [-0.4, -0.2) is 24.7 Å². The number of nitrogens with zero attached hydrogens (tertiary/aromatic N) is 3. The summed E-state index contributed by atoms with van der Waals surface area (Å²) in [5.74, 6) is 1.43. The molecule has 0 bridgehead atoms. The third kappa shape index (κ3) is 3.45. The van der Waals surface area contributed by atoms with Crippen molar-refractivity contribution < 1.29 is 4.74 Å². The average molecular weight is 423 g/mol. The van der Waals surface area contributed by atoms with E-state index in [9.17, 15) is 0 Å². The molecular formula is C24H27ClN4O. The van der Waals surface area contributed by atoms with Crippen molar-refractivity contribution in [2.45, 2.75) is 45.3 Å². The van der Waals surface area contributed by atoms with Gasteiger partial charge in [0.05, 0.1) is 35.2 Å². The van der Waals surface area contributed by atoms with Crippen LogP contribution in [0.15, 0.2) is 45.6 Å². The quantitative estimate of drug-likeness (QED) is 0.797. The number of rotatable bonds is 3. The number of aromatic nitrogens is 1. The first-order valence-electron chi connectivity index (χ1n) is 10.7. The lowest BCUT2D eigenvalue weighted by molar-refractivity contribution is 0.142. The maximum Gasteiger partial charge on any atom is 0.122 e. The highest BCUT2D eigenvalue weighted by molar-refractivity contribution is 6.36. The van der Waals surface area contributed by atoms with Crippen LogP contribution in [0, 0.1) is 12.8 Å². The van der Waals surface area contributed by atoms with Gasteiger partial charge in [-0.3, -0.25) is 0 Å². The molecule has 1 fully saturated rings. The highest BCUT2D eigenvalue weighted by Crippen LogP contribution is 2.38. The van der Waals surface area contributed by atoms with Crippen molar-refractivity contribution in [3.63, 3.8) is 0 Å². The minimum absolute atomic E-state index is 0.265. The number of ether oxygens (including phenoxy) is 1. The van der Waals surface area contributed by atoms with Gasteiger partial charge >= 0.3 is 0 Å². The molecule has 1 aromatic heterocycles. The van der Waals surface area contributed by atoms with E-state index in [1.54, 1.807) is 0 Å². The number of aryl methyl sites for hydroxylation is 1. The zero-order chi connectivity index (χ0) is 20.7. The molecule has 1 saturated carbocycles. The van der Waals surface area contributed by atoms with E-state index >= 15 is 0 Å². The average Bonchev–Trinajstić information content (AvgIpc) is 3.08. The predicted molar refractivity (Wildman–Crippen MR) is 121 cm³/mol. The lowest BCUT2D eigenvalue weighted by atomic mass is 9.81. The van der Waals surface area contributed by atoms with Crippen molar-refractivity contribution >= 4 is 29.1 Å². The van der Waals surface area contributed by atoms with Crippen LogP contribution < -0.4 is 20.3 Å². The van der Waals surface area contributed by atoms with E-state index in [1.165, 1.54) is 22.4 Å². The van der Waals surface area contributed by atoms with Crippen LogP contribution in [0.2, 0.25) is 0 Å². The summed E-state index contributed by atoms with van der Waals surface area (Å²) in [7, 11) is 2.12. The Hall–Kier alpha value is -2.53. The highest BCUT2D eigenvalue weighted by atomic mass is 35.5. The van der Waals surface area contributed by atoms with Crippen molar-refractivity contribution in [1.82, 2.24) is 4.98 Å². The van der Waals surface area contributed by atoms with E-state index in [2.05, 4.69) is 58.4 Å². The molecule has 2 aromatic rings. The van der Waals surface area contributed by atoms with Gasteiger partial charge in [0, 0.05) is 24.2 Å². The number of aromatic amines is 1. The van der Waals surface area contributed by atoms with Crippen LogP contribution in [0.3, 0.4) is 0 Å². The number of likely N-dealkylation sites (N-methyl/N-ethyl adjacent to an activating group) is 1. The second kappa shape index (κ2) is 7.95. The summed E-state index contributed by atoms with van der Waals surface area (Å²) >= 11 is 6.85. The number of halogens is 1. The third-order valence-electron chi connectivity index (χ3n) is 6.53. The van der Waals surface area contributed by atoms with Gasteiger partial charge in [0.15, 0.2) is 0 Å². The first kappa shape index (κ1) is 19.4. The molecule has 6 heteroatoms. The number of fused-ring (bicyclic) bond motifs is 3. The number of benzene rings is 1. The summed E-state index contributed by atoms with van der Waals surface area (Å²) in [6, 6.07) is 8.27. The van der Waals surface area contributed by atoms with Crippen LogP contribution in [0.5, 0.6) is 5.75 Å². The lowest BCUT2D eigenvalue weighted by Gasteiger charge is -2.30. The van der Waals surface area contributed by atoms with E-state index in [4.69, 9.17) is 16.3 Å². The Labute approximate surface area is 181 Å². The SMILES string of the molecule is Cc1ccccc1OC1CCC(C2=c3[nH]c4c(c3N(C)CC=C2Cl)CN=NC=4)CC1. The largest absolute Gasteiger partial charge is 0.490 e. The first-order valence-corrected chi connectivity index (χ1v) is 11.1. The lowest BCUT2D eigenvalue weighted by Crippen LogP contribution is -2.28. The van der Waals surface area contributed by atoms with Crippen molar-refractivity contribution in [2.75, 3.05) is 18.5 Å². The number of anilines is 1. The van der Waals surface area contributed by atoms with Crippen LogP contribution >= 0.6 is 11.6 Å². The maximum atomic E-state index is 6.85. The first-order chi connectivity index (χ1) is 14.6. The minimum atomic E-state index is 0.265. The van der Waals surface area contributed by atoms with E-state index in [0.717, 1.165) is 53.7 Å². The molecule has 5 rings (SSSR count). The normalized spacial score (nSPS) is 23.2. The molecule has 3 aliphatic rings. The second-order valence-corrected chi connectivity index (χ2v) is 8.90. The van der Waals surface area contributed by atoms with Crippen LogP contribution in [0.25, 0.3) is 11.8 Å². The summed E-state index contributed by atoms with van der Waals surface area (Å²) in [5.41, 5.74) is 4.88. The van der Waals surface area contributed by atoms with Crippen LogP contribution in [-0.2, 0) is 6.54 Å². The zero-order valence-corrected chi connectivity index (χ0v) is 18.2. The van der Waals surface area contributed by atoms with Gasteiger partial charge in [-0.15, -0.1) is 0 Å². The maximum absolute atomic E-state index is 6.85. The number of nitrogens with one attached hydrogen (secondary N) is 1. The number of hydrogen-bond donors (Lipinski definition) is 1. The van der Waals surface area contributed by atoms with E-state index in [-0.39, 0.29) is 6.10 Å². The Morgan fingerprint density at radius 1 is 1.17 bits per heavy atom. The summed E-state index contributed by atoms with van der Waals surface area (Å²) in [4.78, 5) is 5.88. The highest BCUT2D eigenvalue weighted by Gasteiger charge is 2.30. The molecule has 0 spiro atoms. The molecule has 1 aromatic carbocycles. The van der Waals surface area contributed by atoms with Gasteiger partial charge in [-0.2, -0.15) is 10.2 Å². The Balaban J connectivity index is 1.45. The number of azo groups is 1. The Kier molecular flexibility index (Phi) is 5.15. The molecule has 156 valence electrons. The smallest absolute Gasteiger partial charge is 0.122 e. The van der Waals surface area contributed by atoms with Gasteiger partial charge in [0.2, 0.25) is 0 Å². The van der Waals surface area contributed by atoms with Crippen molar-refractivity contribution in [3.8, 4) is 5.75 Å². The Morgan fingerprint density at radius 3 is 2.77 bits per heavy atom. The molecular weight excluding hydrogens is 396 g/mol. The van der Waals surface area contributed by atoms with Crippen molar-refractivity contribution in [2.24, 2.45) is 16.1 Å². The summed E-state index contributed by atoms with van der Waals surface area (Å²) in [6.07, 6.45) is 8.44. The van der Waals surface area contributed by atoms with Crippen molar-refractivity contribution in [3.05, 3.63) is 57.2 Å². The van der Waals surface area contributed by atoms with Gasteiger partial charge < -0.3 is 14.6 Å². The predicted octanol–water partition coefficient (Wildman–Crippen LogP) is 4.39. The van der Waals surface area contributed by atoms with E-state index < -0.39 is 0 Å². The van der Waals surface area contributed by atoms with Gasteiger partial charge in [-0.05, 0) is 61.8 Å². The molecule has 0 radical (unpaired) electrons. The van der Waals surface area contributed by atoms with Gasteiger partial charge in [0.1, 0.15) is 5.75 Å². The fourth-order valence-electron chi connectivity index (χ4n) is 4.92. The molecule has 0 unspecified atom stereocenters. The molecule has 0 amide bonds. The summed E-state index contributed by atoms with van der Waals surface area (Å²) in [6.45, 7) is 3.51. The Bertz CT molecular complexity index is 1140. The van der Waals surface area contributed by atoms with Crippen LogP contribution in [0.1, 0.15) is 36.8 Å². The summed E-state index contributed by atoms with van der Waals surface area (Å²) in [5, 5.41) is 11.4. The molecule has 3 heterocycles. The fourth-order valence-corrected chi connectivity index (χ4v) is 5.24. The molecule has 30 heavy (non-hydrogen) atoms. The molecule has 0 saturated heterocycles. The third-order valence-corrected chi connectivity index (χ3v) is 6.89. The van der Waals surface area contributed by atoms with Gasteiger partial charge in [-0.25, -0.2) is 0 Å². The number of H-pyrrole nitrogens is 1. The van der Waals surface area contributed by atoms with E-state index in [1.807, 2.05) is 12.3 Å². The second-order valence-electron chi connectivity index (χ2n) is 8.49. The minimum Gasteiger partial charge on any atom is -0.490 e. The summed E-state index contributed by atoms with van der Waals surface area (Å²) < 4.78 is 6.32. The fraction of sp³-hybridized carbons (Fsp3) is 0.417. The number of para-hydroxylation sites is 1. The monoisotopic (exact) mass is 422 g/mol. The van der Waals surface area contributed by atoms with Gasteiger partial charge in [-0.1, -0.05) is 29.8 Å². The number of hydrogen-bond acceptors (Lipinski definition) is 4. The van der Waals surface area contributed by atoms with Gasteiger partial charge in [0.25, 0.3) is 0 Å².